The average Bonchev–Trinajstić information content (AvgIpc) is 3.14. The van der Waals surface area contributed by atoms with Crippen molar-refractivity contribution in [2.45, 2.75) is 18.7 Å². The zero-order valence-electron chi connectivity index (χ0n) is 16.9. The largest absolute Gasteiger partial charge is 0.302 e. The van der Waals surface area contributed by atoms with Crippen molar-refractivity contribution < 1.29 is 13.2 Å². The summed E-state index contributed by atoms with van der Waals surface area (Å²) in [6.45, 7) is 6.77. The van der Waals surface area contributed by atoms with Crippen molar-refractivity contribution in [3.05, 3.63) is 53.6 Å². The number of carbonyl (C=O) groups is 1. The average molecular weight is 466 g/mol. The number of anilines is 1. The summed E-state index contributed by atoms with van der Waals surface area (Å²) in [5.41, 5.74) is 0.728. The minimum atomic E-state index is -3.75. The number of sulfone groups is 1. The Morgan fingerprint density at radius 1 is 1.07 bits per heavy atom. The van der Waals surface area contributed by atoms with E-state index in [9.17, 15) is 13.2 Å². The van der Waals surface area contributed by atoms with E-state index in [0.29, 0.717) is 23.2 Å². The van der Waals surface area contributed by atoms with Crippen LogP contribution in [-0.4, -0.2) is 56.1 Å². The van der Waals surface area contributed by atoms with Crippen molar-refractivity contribution >= 4 is 54.0 Å². The smallest absolute Gasteiger partial charge is 0.244 e. The maximum Gasteiger partial charge on any atom is 0.244 e. The highest BCUT2D eigenvalue weighted by molar-refractivity contribution is 7.92. The molecule has 0 saturated carbocycles. The number of rotatable bonds is 9. The van der Waals surface area contributed by atoms with Gasteiger partial charge >= 0.3 is 0 Å². The molecule has 0 aliphatic heterocycles. The first-order valence-corrected chi connectivity index (χ1v) is 12.6. The predicted molar refractivity (Wildman–Crippen MR) is 123 cm³/mol. The normalized spacial score (nSPS) is 11.9. The van der Waals surface area contributed by atoms with Gasteiger partial charge in [0.15, 0.2) is 15.0 Å². The molecule has 160 valence electrons. The molecule has 3 rings (SSSR count). The van der Waals surface area contributed by atoms with E-state index in [1.165, 1.54) is 28.4 Å². The molecular formula is C21H24ClN3O3S2. The Kier molecular flexibility index (Phi) is 7.46. The molecule has 0 radical (unpaired) electrons. The Labute approximate surface area is 186 Å². The minimum absolute atomic E-state index is 0.137. The van der Waals surface area contributed by atoms with Gasteiger partial charge < -0.3 is 4.90 Å². The molecule has 1 aromatic heterocycles. The van der Waals surface area contributed by atoms with Crippen molar-refractivity contribution in [2.24, 2.45) is 0 Å². The zero-order chi connectivity index (χ0) is 21.7. The molecule has 30 heavy (non-hydrogen) atoms. The van der Waals surface area contributed by atoms with Crippen LogP contribution in [0.25, 0.3) is 10.2 Å². The van der Waals surface area contributed by atoms with Gasteiger partial charge in [0.05, 0.1) is 15.1 Å². The Balaban J connectivity index is 1.90. The second kappa shape index (κ2) is 9.87. The standard InChI is InChI=1S/C21H24ClN3O3S2/c1-3-24(4-2)12-13-25(21-23-18-11-10-16(22)14-19(18)29-21)20(26)15-30(27,28)17-8-6-5-7-9-17/h5-11,14H,3-4,12-13,15H2,1-2H3. The van der Waals surface area contributed by atoms with E-state index in [4.69, 9.17) is 11.6 Å². The Bertz CT molecular complexity index is 1110. The molecule has 1 amide bonds. The summed E-state index contributed by atoms with van der Waals surface area (Å²) in [4.78, 5) is 21.5. The van der Waals surface area contributed by atoms with Crippen molar-refractivity contribution in [2.75, 3.05) is 36.8 Å². The number of likely N-dealkylation sites (N-methyl/N-ethyl adjacent to an activating group) is 1. The van der Waals surface area contributed by atoms with Gasteiger partial charge in [-0.25, -0.2) is 13.4 Å². The summed E-state index contributed by atoms with van der Waals surface area (Å²) >= 11 is 7.41. The number of hydrogen-bond acceptors (Lipinski definition) is 6. The van der Waals surface area contributed by atoms with Gasteiger partial charge in [-0.1, -0.05) is 55.0 Å². The lowest BCUT2D eigenvalue weighted by atomic mass is 10.3. The Hall–Kier alpha value is -2.00. The first-order chi connectivity index (χ1) is 14.3. The molecule has 0 aliphatic carbocycles. The number of amides is 1. The molecule has 1 heterocycles. The van der Waals surface area contributed by atoms with Gasteiger partial charge in [-0.15, -0.1) is 0 Å². The van der Waals surface area contributed by atoms with Gasteiger partial charge in [-0.2, -0.15) is 0 Å². The van der Waals surface area contributed by atoms with E-state index in [1.807, 2.05) is 0 Å². The molecule has 0 atom stereocenters. The van der Waals surface area contributed by atoms with Gasteiger partial charge in [-0.05, 0) is 43.4 Å². The maximum absolute atomic E-state index is 13.1. The summed E-state index contributed by atoms with van der Waals surface area (Å²) in [6, 6.07) is 13.4. The molecule has 0 N–H and O–H groups in total. The molecule has 2 aromatic carbocycles. The van der Waals surface area contributed by atoms with Crippen LogP contribution in [0.1, 0.15) is 13.8 Å². The second-order valence-corrected chi connectivity index (χ2v) is 10.2. The summed E-state index contributed by atoms with van der Waals surface area (Å²) in [5, 5.41) is 1.07. The highest BCUT2D eigenvalue weighted by Gasteiger charge is 2.26. The third-order valence-electron chi connectivity index (χ3n) is 4.82. The van der Waals surface area contributed by atoms with Crippen LogP contribution in [0.3, 0.4) is 0 Å². The van der Waals surface area contributed by atoms with Gasteiger partial charge in [0.2, 0.25) is 5.91 Å². The van der Waals surface area contributed by atoms with Crippen molar-refractivity contribution in [3.8, 4) is 0 Å². The molecule has 3 aromatic rings. The lowest BCUT2D eigenvalue weighted by Crippen LogP contribution is -2.41. The van der Waals surface area contributed by atoms with E-state index in [-0.39, 0.29) is 4.90 Å². The number of benzene rings is 2. The number of fused-ring (bicyclic) bond motifs is 1. The van der Waals surface area contributed by atoms with Gasteiger partial charge in [-0.3, -0.25) is 9.69 Å². The summed E-state index contributed by atoms with van der Waals surface area (Å²) < 4.78 is 26.4. The summed E-state index contributed by atoms with van der Waals surface area (Å²) in [5.74, 6) is -1.09. The fraction of sp³-hybridized carbons (Fsp3) is 0.333. The monoisotopic (exact) mass is 465 g/mol. The molecule has 0 spiro atoms. The Morgan fingerprint density at radius 3 is 2.43 bits per heavy atom. The SMILES string of the molecule is CCN(CC)CCN(C(=O)CS(=O)(=O)c1ccccc1)c1nc2ccc(Cl)cc2s1. The number of carbonyl (C=O) groups excluding carboxylic acids is 1. The highest BCUT2D eigenvalue weighted by atomic mass is 35.5. The van der Waals surface area contributed by atoms with Gasteiger partial charge in [0, 0.05) is 18.1 Å². The third kappa shape index (κ3) is 5.37. The predicted octanol–water partition coefficient (Wildman–Crippen LogP) is 4.10. The fourth-order valence-electron chi connectivity index (χ4n) is 3.06. The molecule has 0 aliphatic rings. The van der Waals surface area contributed by atoms with Crippen molar-refractivity contribution in [3.63, 3.8) is 0 Å². The minimum Gasteiger partial charge on any atom is -0.302 e. The molecule has 0 bridgehead atoms. The summed E-state index contributed by atoms with van der Waals surface area (Å²) in [6.07, 6.45) is 0. The van der Waals surface area contributed by atoms with Crippen LogP contribution in [0.2, 0.25) is 5.02 Å². The van der Waals surface area contributed by atoms with Crippen molar-refractivity contribution in [1.82, 2.24) is 9.88 Å². The van der Waals surface area contributed by atoms with E-state index in [1.54, 1.807) is 36.4 Å². The first-order valence-electron chi connectivity index (χ1n) is 9.70. The van der Waals surface area contributed by atoms with Crippen LogP contribution in [0, 0.1) is 0 Å². The quantitative estimate of drug-likeness (QED) is 0.475. The molecule has 0 saturated heterocycles. The molecule has 6 nitrogen and oxygen atoms in total. The van der Waals surface area contributed by atoms with E-state index in [0.717, 1.165) is 23.3 Å². The molecule has 9 heteroatoms. The van der Waals surface area contributed by atoms with Crippen molar-refractivity contribution in [1.29, 1.82) is 0 Å². The lowest BCUT2D eigenvalue weighted by Gasteiger charge is -2.24. The van der Waals surface area contributed by atoms with Crippen LogP contribution in [0.5, 0.6) is 0 Å². The topological polar surface area (TPSA) is 70.6 Å². The summed E-state index contributed by atoms with van der Waals surface area (Å²) in [7, 11) is -3.75. The molecule has 0 unspecified atom stereocenters. The second-order valence-electron chi connectivity index (χ2n) is 6.75. The van der Waals surface area contributed by atoms with Crippen LogP contribution in [0.15, 0.2) is 53.4 Å². The highest BCUT2D eigenvalue weighted by Crippen LogP contribution is 2.31. The van der Waals surface area contributed by atoms with Gasteiger partial charge in [0.25, 0.3) is 0 Å². The van der Waals surface area contributed by atoms with E-state index in [2.05, 4.69) is 23.7 Å². The number of aromatic nitrogens is 1. The lowest BCUT2D eigenvalue weighted by molar-refractivity contribution is -0.116. The van der Waals surface area contributed by atoms with Crippen LogP contribution >= 0.6 is 22.9 Å². The number of halogens is 1. The molecule has 0 fully saturated rings. The van der Waals surface area contributed by atoms with Crippen LogP contribution in [-0.2, 0) is 14.6 Å². The number of nitrogens with zero attached hydrogens (tertiary/aromatic N) is 3. The zero-order valence-corrected chi connectivity index (χ0v) is 19.3. The maximum atomic E-state index is 13.1. The molecular weight excluding hydrogens is 442 g/mol. The van der Waals surface area contributed by atoms with E-state index < -0.39 is 21.5 Å². The van der Waals surface area contributed by atoms with E-state index >= 15 is 0 Å². The number of hydrogen-bond donors (Lipinski definition) is 0. The third-order valence-corrected chi connectivity index (χ3v) is 7.71. The van der Waals surface area contributed by atoms with Crippen LogP contribution < -0.4 is 4.90 Å². The van der Waals surface area contributed by atoms with Gasteiger partial charge in [0.1, 0.15) is 5.75 Å². The Morgan fingerprint density at radius 2 is 1.77 bits per heavy atom. The fourth-order valence-corrected chi connectivity index (χ4v) is 5.57. The van der Waals surface area contributed by atoms with Crippen LogP contribution in [0.4, 0.5) is 5.13 Å². The first kappa shape index (κ1) is 22.7. The number of thiazole rings is 1.